The van der Waals surface area contributed by atoms with E-state index < -0.39 is 16.0 Å². The second-order valence-corrected chi connectivity index (χ2v) is 11.6. The van der Waals surface area contributed by atoms with Gasteiger partial charge in [0.1, 0.15) is 5.82 Å². The van der Waals surface area contributed by atoms with Crippen molar-refractivity contribution in [2.45, 2.75) is 68.7 Å². The van der Waals surface area contributed by atoms with Gasteiger partial charge in [-0.15, -0.1) is 0 Å². The largest absolute Gasteiger partial charge is 0.478 e. The number of sulfonamides is 1. The van der Waals surface area contributed by atoms with Crippen molar-refractivity contribution in [3.05, 3.63) is 59.4 Å². The van der Waals surface area contributed by atoms with E-state index >= 15 is 0 Å². The third-order valence-electron chi connectivity index (χ3n) is 7.38. The summed E-state index contributed by atoms with van der Waals surface area (Å²) in [6.45, 7) is 2.85. The third kappa shape index (κ3) is 4.25. The van der Waals surface area contributed by atoms with Crippen LogP contribution in [0.15, 0.2) is 47.4 Å². The van der Waals surface area contributed by atoms with Gasteiger partial charge < -0.3 is 9.67 Å². The van der Waals surface area contributed by atoms with Crippen molar-refractivity contribution < 1.29 is 18.3 Å². The first-order chi connectivity index (χ1) is 16.3. The molecule has 7 nitrogen and oxygen atoms in total. The number of carbonyl (C=O) groups is 1. The predicted octanol–water partition coefficient (Wildman–Crippen LogP) is 5.12. The number of hydrogen-bond donors (Lipinski definition) is 1. The average Bonchev–Trinajstić information content (AvgIpc) is 3.24. The molecule has 5 rings (SSSR count). The number of aromatic nitrogens is 2. The predicted molar refractivity (Wildman–Crippen MR) is 131 cm³/mol. The number of rotatable bonds is 5. The van der Waals surface area contributed by atoms with Gasteiger partial charge in [0, 0.05) is 25.0 Å². The number of fused-ring (bicyclic) bond motifs is 1. The maximum atomic E-state index is 13.1. The summed E-state index contributed by atoms with van der Waals surface area (Å²) in [4.78, 5) is 16.8. The maximum Gasteiger partial charge on any atom is 0.335 e. The van der Waals surface area contributed by atoms with E-state index in [1.165, 1.54) is 19.3 Å². The Morgan fingerprint density at radius 1 is 0.971 bits per heavy atom. The van der Waals surface area contributed by atoms with E-state index in [4.69, 9.17) is 4.98 Å². The van der Waals surface area contributed by atoms with E-state index in [1.807, 2.05) is 25.1 Å². The molecule has 0 bridgehead atoms. The Kier molecular flexibility index (Phi) is 6.20. The minimum Gasteiger partial charge on any atom is -0.478 e. The highest BCUT2D eigenvalue weighted by Gasteiger charge is 2.33. The molecule has 180 valence electrons. The number of nitrogens with zero attached hydrogens (tertiary/aromatic N) is 3. The molecule has 0 spiro atoms. The number of imidazole rings is 1. The minimum atomic E-state index is -3.51. The maximum absolute atomic E-state index is 13.1. The number of benzene rings is 2. The van der Waals surface area contributed by atoms with Crippen LogP contribution in [-0.4, -0.2) is 46.4 Å². The molecule has 1 aliphatic heterocycles. The number of aryl methyl sites for hydroxylation is 1. The molecular weight excluding hydrogens is 450 g/mol. The fourth-order valence-corrected chi connectivity index (χ4v) is 6.94. The van der Waals surface area contributed by atoms with Crippen molar-refractivity contribution in [1.82, 2.24) is 13.9 Å². The molecule has 8 heteroatoms. The summed E-state index contributed by atoms with van der Waals surface area (Å²) in [5.74, 6) is 0.175. The molecule has 2 fully saturated rings. The van der Waals surface area contributed by atoms with Gasteiger partial charge in [-0.1, -0.05) is 37.0 Å². The molecule has 1 aromatic heterocycles. The molecule has 1 saturated heterocycles. The van der Waals surface area contributed by atoms with E-state index in [-0.39, 0.29) is 11.5 Å². The smallest absolute Gasteiger partial charge is 0.335 e. The zero-order valence-electron chi connectivity index (χ0n) is 19.5. The number of aromatic carboxylic acids is 1. The number of hydrogen-bond acceptors (Lipinski definition) is 4. The van der Waals surface area contributed by atoms with Crippen molar-refractivity contribution >= 4 is 27.0 Å². The van der Waals surface area contributed by atoms with Crippen LogP contribution in [0.3, 0.4) is 0 Å². The van der Waals surface area contributed by atoms with Gasteiger partial charge in [0.25, 0.3) is 0 Å². The molecule has 34 heavy (non-hydrogen) atoms. The molecule has 0 amide bonds. The first-order valence-electron chi connectivity index (χ1n) is 12.2. The fourth-order valence-electron chi connectivity index (χ4n) is 5.48. The van der Waals surface area contributed by atoms with Gasteiger partial charge in [0.15, 0.2) is 0 Å². The summed E-state index contributed by atoms with van der Waals surface area (Å²) in [7, 11) is -3.51. The lowest BCUT2D eigenvalue weighted by Crippen LogP contribution is -2.38. The Morgan fingerprint density at radius 3 is 2.29 bits per heavy atom. The molecule has 1 aliphatic carbocycles. The fraction of sp³-hybridized carbons (Fsp3) is 0.462. The highest BCUT2D eigenvalue weighted by Crippen LogP contribution is 2.38. The molecule has 0 radical (unpaired) electrons. The van der Waals surface area contributed by atoms with Crippen LogP contribution >= 0.6 is 0 Å². The highest BCUT2D eigenvalue weighted by molar-refractivity contribution is 7.89. The summed E-state index contributed by atoms with van der Waals surface area (Å²) in [6, 6.07) is 12.6. The quantitative estimate of drug-likeness (QED) is 0.546. The highest BCUT2D eigenvalue weighted by atomic mass is 32.2. The van der Waals surface area contributed by atoms with Crippen LogP contribution in [0.5, 0.6) is 0 Å². The molecule has 2 aromatic carbocycles. The topological polar surface area (TPSA) is 92.5 Å². The Labute approximate surface area is 200 Å². The molecule has 0 atom stereocenters. The summed E-state index contributed by atoms with van der Waals surface area (Å²) >= 11 is 0. The van der Waals surface area contributed by atoms with E-state index in [0.717, 1.165) is 35.3 Å². The minimum absolute atomic E-state index is 0.145. The second kappa shape index (κ2) is 9.15. The standard InChI is InChI=1S/C26H31N3O4S/c1-18-7-10-22(11-8-18)34(32,33)28-15-13-19(14-16-28)25-27-23-17-20(26(30)31)9-12-24(23)29(25)21-5-3-2-4-6-21/h7-12,17,19,21H,2-6,13-16H2,1H3,(H,30,31). The van der Waals surface area contributed by atoms with Crippen molar-refractivity contribution in [1.29, 1.82) is 0 Å². The van der Waals surface area contributed by atoms with Gasteiger partial charge in [-0.2, -0.15) is 4.31 Å². The number of piperidine rings is 1. The average molecular weight is 482 g/mol. The molecule has 2 heterocycles. The first kappa shape index (κ1) is 23.1. The van der Waals surface area contributed by atoms with Crippen LogP contribution in [0, 0.1) is 6.92 Å². The van der Waals surface area contributed by atoms with Gasteiger partial charge in [0.2, 0.25) is 10.0 Å². The first-order valence-corrected chi connectivity index (χ1v) is 13.6. The van der Waals surface area contributed by atoms with E-state index in [0.29, 0.717) is 36.9 Å². The Hall–Kier alpha value is -2.71. The Bertz CT molecular complexity index is 1300. The van der Waals surface area contributed by atoms with Crippen molar-refractivity contribution in [2.24, 2.45) is 0 Å². The Morgan fingerprint density at radius 2 is 1.65 bits per heavy atom. The molecule has 1 N–H and O–H groups in total. The van der Waals surface area contributed by atoms with Crippen LogP contribution in [0.25, 0.3) is 11.0 Å². The van der Waals surface area contributed by atoms with E-state index in [9.17, 15) is 18.3 Å². The van der Waals surface area contributed by atoms with Crippen LogP contribution in [0.2, 0.25) is 0 Å². The number of carboxylic acids is 1. The second-order valence-electron chi connectivity index (χ2n) is 9.63. The summed E-state index contributed by atoms with van der Waals surface area (Å²) in [6.07, 6.45) is 7.21. The van der Waals surface area contributed by atoms with Gasteiger partial charge >= 0.3 is 5.97 Å². The third-order valence-corrected chi connectivity index (χ3v) is 9.29. The van der Waals surface area contributed by atoms with Crippen LogP contribution < -0.4 is 0 Å². The van der Waals surface area contributed by atoms with E-state index in [2.05, 4.69) is 4.57 Å². The summed E-state index contributed by atoms with van der Waals surface area (Å²) in [5.41, 5.74) is 2.98. The van der Waals surface area contributed by atoms with Gasteiger partial charge in [0.05, 0.1) is 21.5 Å². The summed E-state index contributed by atoms with van der Waals surface area (Å²) < 4.78 is 30.2. The lowest BCUT2D eigenvalue weighted by atomic mass is 9.93. The van der Waals surface area contributed by atoms with Crippen molar-refractivity contribution in [3.63, 3.8) is 0 Å². The van der Waals surface area contributed by atoms with Gasteiger partial charge in [-0.05, 0) is 62.9 Å². The monoisotopic (exact) mass is 481 g/mol. The zero-order chi connectivity index (χ0) is 23.9. The van der Waals surface area contributed by atoms with E-state index in [1.54, 1.807) is 28.6 Å². The molecule has 1 saturated carbocycles. The molecule has 0 unspecified atom stereocenters. The van der Waals surface area contributed by atoms with Crippen LogP contribution in [-0.2, 0) is 10.0 Å². The van der Waals surface area contributed by atoms with Gasteiger partial charge in [-0.25, -0.2) is 18.2 Å². The lowest BCUT2D eigenvalue weighted by Gasteiger charge is -2.33. The molecule has 2 aliphatic rings. The SMILES string of the molecule is Cc1ccc(S(=O)(=O)N2CCC(c3nc4cc(C(=O)O)ccc4n3C3CCCCC3)CC2)cc1. The normalized spacial score (nSPS) is 19.0. The molecule has 3 aromatic rings. The lowest BCUT2D eigenvalue weighted by molar-refractivity contribution is 0.0697. The number of carboxylic acid groups (broad SMARTS) is 1. The summed E-state index contributed by atoms with van der Waals surface area (Å²) in [5, 5.41) is 9.44. The van der Waals surface area contributed by atoms with Crippen LogP contribution in [0.1, 0.15) is 78.7 Å². The zero-order valence-corrected chi connectivity index (χ0v) is 20.3. The Balaban J connectivity index is 1.44. The molecular formula is C26H31N3O4S. The van der Waals surface area contributed by atoms with Crippen molar-refractivity contribution in [2.75, 3.05) is 13.1 Å². The van der Waals surface area contributed by atoms with Gasteiger partial charge in [-0.3, -0.25) is 0 Å². The van der Waals surface area contributed by atoms with Crippen LogP contribution in [0.4, 0.5) is 0 Å². The van der Waals surface area contributed by atoms with Crippen molar-refractivity contribution in [3.8, 4) is 0 Å².